The summed E-state index contributed by atoms with van der Waals surface area (Å²) in [5.41, 5.74) is 5.09. The Bertz CT molecular complexity index is 1280. The molecular formula is C29H29FO6. The zero-order chi connectivity index (χ0) is 25.2. The standard InChI is InChI=1S/C29H29FO6/c1-17-10-26(36-23-8-9-33-16-23)29(30)18(2)28(17)20-5-3-4-19(11-20)14-34-22-6-7-24-21(12-27(31)32)15-35-25(24)13-22/h3-7,10-11,13,21,23H,8-9,12,14-16H2,1-2H3,(H,31,32)/t21-,23+/m1/s1. The van der Waals surface area contributed by atoms with Gasteiger partial charge in [0.1, 0.15) is 24.2 Å². The van der Waals surface area contributed by atoms with Gasteiger partial charge in [0, 0.05) is 24.0 Å². The Hall–Kier alpha value is -3.58. The highest BCUT2D eigenvalue weighted by Gasteiger charge is 2.27. The summed E-state index contributed by atoms with van der Waals surface area (Å²) in [5.74, 6) is 0.259. The average Bonchev–Trinajstić information content (AvgIpc) is 3.51. The third kappa shape index (κ3) is 5.02. The molecular weight excluding hydrogens is 463 g/mol. The number of aliphatic carboxylic acids is 1. The maximum Gasteiger partial charge on any atom is 0.304 e. The highest BCUT2D eigenvalue weighted by atomic mass is 19.1. The minimum Gasteiger partial charge on any atom is -0.492 e. The van der Waals surface area contributed by atoms with Gasteiger partial charge in [-0.1, -0.05) is 24.3 Å². The van der Waals surface area contributed by atoms with Crippen molar-refractivity contribution < 1.29 is 33.2 Å². The first-order chi connectivity index (χ1) is 17.4. The molecule has 0 aromatic heterocycles. The van der Waals surface area contributed by atoms with E-state index in [-0.39, 0.29) is 30.0 Å². The van der Waals surface area contributed by atoms with Crippen LogP contribution in [-0.2, 0) is 16.1 Å². The van der Waals surface area contributed by atoms with E-state index in [9.17, 15) is 4.79 Å². The van der Waals surface area contributed by atoms with Gasteiger partial charge in [0.15, 0.2) is 11.6 Å². The maximum atomic E-state index is 15.2. The van der Waals surface area contributed by atoms with E-state index < -0.39 is 5.97 Å². The summed E-state index contributed by atoms with van der Waals surface area (Å²) in [5, 5.41) is 9.08. The Labute approximate surface area is 209 Å². The number of carboxylic acid groups (broad SMARTS) is 1. The molecule has 0 amide bonds. The van der Waals surface area contributed by atoms with E-state index in [0.29, 0.717) is 43.5 Å². The van der Waals surface area contributed by atoms with Gasteiger partial charge >= 0.3 is 5.97 Å². The molecule has 36 heavy (non-hydrogen) atoms. The molecule has 0 spiro atoms. The van der Waals surface area contributed by atoms with Crippen molar-refractivity contribution >= 4 is 5.97 Å². The Kier molecular flexibility index (Phi) is 6.83. The van der Waals surface area contributed by atoms with Gasteiger partial charge in [-0.15, -0.1) is 0 Å². The van der Waals surface area contributed by atoms with Gasteiger partial charge in [-0.25, -0.2) is 4.39 Å². The van der Waals surface area contributed by atoms with Gasteiger partial charge in [0.25, 0.3) is 0 Å². The lowest BCUT2D eigenvalue weighted by molar-refractivity contribution is -0.137. The largest absolute Gasteiger partial charge is 0.492 e. The second-order valence-corrected chi connectivity index (χ2v) is 9.40. The summed E-state index contributed by atoms with van der Waals surface area (Å²) in [4.78, 5) is 11.1. The predicted molar refractivity (Wildman–Crippen MR) is 132 cm³/mol. The normalized spacial score (nSPS) is 18.5. The second-order valence-electron chi connectivity index (χ2n) is 9.40. The third-order valence-corrected chi connectivity index (χ3v) is 6.75. The summed E-state index contributed by atoms with van der Waals surface area (Å²) < 4.78 is 38.1. The molecule has 5 rings (SSSR count). The monoisotopic (exact) mass is 492 g/mol. The lowest BCUT2D eigenvalue weighted by atomic mass is 9.94. The Morgan fingerprint density at radius 2 is 2.00 bits per heavy atom. The summed E-state index contributed by atoms with van der Waals surface area (Å²) in [6.07, 6.45) is 0.694. The molecule has 0 radical (unpaired) electrons. The summed E-state index contributed by atoms with van der Waals surface area (Å²) in [6.45, 7) is 5.56. The van der Waals surface area contributed by atoms with Gasteiger partial charge in [-0.05, 0) is 59.9 Å². The molecule has 1 fully saturated rings. The van der Waals surface area contributed by atoms with Crippen molar-refractivity contribution in [2.45, 2.75) is 45.3 Å². The van der Waals surface area contributed by atoms with Crippen molar-refractivity contribution in [1.29, 1.82) is 0 Å². The van der Waals surface area contributed by atoms with Gasteiger partial charge in [0.2, 0.25) is 0 Å². The number of benzene rings is 3. The fourth-order valence-electron chi connectivity index (χ4n) is 4.95. The molecule has 3 aromatic carbocycles. The maximum absolute atomic E-state index is 15.2. The van der Waals surface area contributed by atoms with E-state index in [0.717, 1.165) is 34.2 Å². The van der Waals surface area contributed by atoms with Crippen molar-refractivity contribution in [3.8, 4) is 28.4 Å². The number of carboxylic acids is 1. The molecule has 0 saturated carbocycles. The topological polar surface area (TPSA) is 74.2 Å². The SMILES string of the molecule is Cc1cc(O[C@H]2CCOC2)c(F)c(C)c1-c1cccc(COc2ccc3c(c2)OC[C@H]3CC(=O)O)c1. The van der Waals surface area contributed by atoms with Crippen molar-refractivity contribution in [3.05, 3.63) is 76.6 Å². The minimum atomic E-state index is -0.840. The lowest BCUT2D eigenvalue weighted by Gasteiger charge is -2.18. The van der Waals surface area contributed by atoms with Crippen LogP contribution >= 0.6 is 0 Å². The van der Waals surface area contributed by atoms with Gasteiger partial charge in [0.05, 0.1) is 26.2 Å². The van der Waals surface area contributed by atoms with Crippen LogP contribution in [0.1, 0.15) is 41.0 Å². The number of hydrogen-bond donors (Lipinski definition) is 1. The molecule has 2 atom stereocenters. The number of rotatable bonds is 8. The van der Waals surface area contributed by atoms with Crippen LogP contribution < -0.4 is 14.2 Å². The van der Waals surface area contributed by atoms with Gasteiger partial charge in [-0.3, -0.25) is 4.79 Å². The van der Waals surface area contributed by atoms with Crippen LogP contribution in [-0.4, -0.2) is 37.0 Å². The van der Waals surface area contributed by atoms with Gasteiger partial charge in [-0.2, -0.15) is 0 Å². The molecule has 2 heterocycles. The number of halogens is 1. The van der Waals surface area contributed by atoms with Crippen LogP contribution in [0, 0.1) is 19.7 Å². The molecule has 0 bridgehead atoms. The Morgan fingerprint density at radius 3 is 2.78 bits per heavy atom. The lowest BCUT2D eigenvalue weighted by Crippen LogP contribution is -2.17. The van der Waals surface area contributed by atoms with E-state index in [1.54, 1.807) is 19.1 Å². The highest BCUT2D eigenvalue weighted by Crippen LogP contribution is 2.39. The number of carbonyl (C=O) groups is 1. The predicted octanol–water partition coefficient (Wildman–Crippen LogP) is 5.81. The average molecular weight is 493 g/mol. The molecule has 3 aromatic rings. The molecule has 1 saturated heterocycles. The van der Waals surface area contributed by atoms with Crippen LogP contribution in [0.4, 0.5) is 4.39 Å². The first-order valence-electron chi connectivity index (χ1n) is 12.1. The smallest absolute Gasteiger partial charge is 0.304 e. The molecule has 188 valence electrons. The molecule has 0 aliphatic carbocycles. The number of hydrogen-bond acceptors (Lipinski definition) is 5. The van der Waals surface area contributed by atoms with E-state index in [4.69, 9.17) is 24.1 Å². The molecule has 6 nitrogen and oxygen atoms in total. The molecule has 2 aliphatic heterocycles. The fourth-order valence-corrected chi connectivity index (χ4v) is 4.95. The first-order valence-corrected chi connectivity index (χ1v) is 12.1. The zero-order valence-electron chi connectivity index (χ0n) is 20.4. The summed E-state index contributed by atoms with van der Waals surface area (Å²) in [7, 11) is 0. The molecule has 1 N–H and O–H groups in total. The zero-order valence-corrected chi connectivity index (χ0v) is 20.4. The van der Waals surface area contributed by atoms with Crippen LogP contribution in [0.2, 0.25) is 0 Å². The van der Waals surface area contributed by atoms with Crippen molar-refractivity contribution in [2.24, 2.45) is 0 Å². The second kappa shape index (κ2) is 10.2. The van der Waals surface area contributed by atoms with Gasteiger partial charge < -0.3 is 24.1 Å². The number of ether oxygens (including phenoxy) is 4. The van der Waals surface area contributed by atoms with Crippen LogP contribution in [0.3, 0.4) is 0 Å². The Balaban J connectivity index is 1.31. The number of aryl methyl sites for hydroxylation is 1. The summed E-state index contributed by atoms with van der Waals surface area (Å²) in [6, 6.07) is 15.2. The van der Waals surface area contributed by atoms with Crippen LogP contribution in [0.25, 0.3) is 11.1 Å². The van der Waals surface area contributed by atoms with E-state index in [2.05, 4.69) is 0 Å². The fraction of sp³-hybridized carbons (Fsp3) is 0.345. The molecule has 7 heteroatoms. The minimum absolute atomic E-state index is 0.0432. The van der Waals surface area contributed by atoms with Crippen molar-refractivity contribution in [1.82, 2.24) is 0 Å². The third-order valence-electron chi connectivity index (χ3n) is 6.75. The first kappa shape index (κ1) is 24.1. The van der Waals surface area contributed by atoms with Crippen molar-refractivity contribution in [2.75, 3.05) is 19.8 Å². The van der Waals surface area contributed by atoms with E-state index >= 15 is 4.39 Å². The highest BCUT2D eigenvalue weighted by molar-refractivity contribution is 5.73. The van der Waals surface area contributed by atoms with E-state index in [1.165, 1.54) is 0 Å². The van der Waals surface area contributed by atoms with Crippen LogP contribution in [0.15, 0.2) is 48.5 Å². The van der Waals surface area contributed by atoms with E-state index in [1.807, 2.05) is 43.3 Å². The molecule has 2 aliphatic rings. The summed E-state index contributed by atoms with van der Waals surface area (Å²) >= 11 is 0. The molecule has 0 unspecified atom stereocenters. The van der Waals surface area contributed by atoms with Crippen LogP contribution in [0.5, 0.6) is 17.2 Å². The number of fused-ring (bicyclic) bond motifs is 1. The van der Waals surface area contributed by atoms with Crippen molar-refractivity contribution in [3.63, 3.8) is 0 Å². The Morgan fingerprint density at radius 1 is 1.14 bits per heavy atom. The quantitative estimate of drug-likeness (QED) is 0.428.